The molecule has 0 atom stereocenters. The van der Waals surface area contributed by atoms with Crippen molar-refractivity contribution >= 4 is 15.9 Å². The molecule has 0 saturated heterocycles. The summed E-state index contributed by atoms with van der Waals surface area (Å²) >= 11 is 3.32. The molecule has 0 saturated carbocycles. The Morgan fingerprint density at radius 1 is 1.35 bits per heavy atom. The van der Waals surface area contributed by atoms with Crippen molar-refractivity contribution in [2.24, 2.45) is 0 Å². The highest BCUT2D eigenvalue weighted by Crippen LogP contribution is 2.17. The molecule has 1 heterocycles. The third-order valence-corrected chi connectivity index (χ3v) is 3.05. The van der Waals surface area contributed by atoms with E-state index in [4.69, 9.17) is 4.52 Å². The number of aromatic nitrogens is 1. The average molecular weight is 299 g/mol. The van der Waals surface area contributed by atoms with Crippen LogP contribution in [0.25, 0.3) is 0 Å². The maximum absolute atomic E-state index is 12.9. The van der Waals surface area contributed by atoms with Gasteiger partial charge >= 0.3 is 0 Å². The highest BCUT2D eigenvalue weighted by atomic mass is 79.9. The fourth-order valence-electron chi connectivity index (χ4n) is 1.49. The lowest BCUT2D eigenvalue weighted by molar-refractivity contribution is 0.388. The number of nitrogens with zero attached hydrogens (tertiary/aromatic N) is 1. The van der Waals surface area contributed by atoms with Gasteiger partial charge < -0.3 is 9.84 Å². The van der Waals surface area contributed by atoms with Crippen molar-refractivity contribution in [1.29, 1.82) is 0 Å². The van der Waals surface area contributed by atoms with Crippen LogP contribution in [-0.4, -0.2) is 5.16 Å². The molecule has 90 valence electrons. The Morgan fingerprint density at radius 3 is 2.82 bits per heavy atom. The topological polar surface area (TPSA) is 38.1 Å². The van der Waals surface area contributed by atoms with Crippen LogP contribution in [0.1, 0.15) is 17.0 Å². The molecule has 0 bridgehead atoms. The van der Waals surface area contributed by atoms with E-state index in [9.17, 15) is 4.39 Å². The van der Waals surface area contributed by atoms with Gasteiger partial charge in [0.15, 0.2) is 0 Å². The van der Waals surface area contributed by atoms with Crippen LogP contribution in [0.3, 0.4) is 0 Å². The van der Waals surface area contributed by atoms with Gasteiger partial charge in [-0.25, -0.2) is 4.39 Å². The van der Waals surface area contributed by atoms with Gasteiger partial charge in [-0.05, 0) is 24.6 Å². The molecule has 1 aromatic carbocycles. The first kappa shape index (κ1) is 12.3. The first-order chi connectivity index (χ1) is 8.15. The Morgan fingerprint density at radius 2 is 2.18 bits per heavy atom. The first-order valence-corrected chi connectivity index (χ1v) is 6.01. The van der Waals surface area contributed by atoms with Gasteiger partial charge in [-0.3, -0.25) is 0 Å². The molecule has 17 heavy (non-hydrogen) atoms. The number of halogens is 2. The van der Waals surface area contributed by atoms with Crippen LogP contribution < -0.4 is 5.32 Å². The minimum atomic E-state index is -0.243. The quantitative estimate of drug-likeness (QED) is 0.942. The number of hydrogen-bond donors (Lipinski definition) is 1. The predicted molar refractivity (Wildman–Crippen MR) is 65.9 cm³/mol. The van der Waals surface area contributed by atoms with Gasteiger partial charge in [0.05, 0.1) is 5.69 Å². The molecule has 0 spiro atoms. The molecule has 3 nitrogen and oxygen atoms in total. The Bertz CT molecular complexity index is 513. The van der Waals surface area contributed by atoms with E-state index in [0.717, 1.165) is 21.5 Å². The van der Waals surface area contributed by atoms with E-state index in [1.54, 1.807) is 6.07 Å². The Kier molecular flexibility index (Phi) is 3.91. The number of benzene rings is 1. The number of hydrogen-bond acceptors (Lipinski definition) is 3. The monoisotopic (exact) mass is 298 g/mol. The summed E-state index contributed by atoms with van der Waals surface area (Å²) in [5.74, 6) is 0.553. The third-order valence-electron chi connectivity index (χ3n) is 2.31. The van der Waals surface area contributed by atoms with Crippen LogP contribution in [-0.2, 0) is 13.1 Å². The highest BCUT2D eigenvalue weighted by molar-refractivity contribution is 9.10. The smallest absolute Gasteiger partial charge is 0.133 e. The van der Waals surface area contributed by atoms with Crippen LogP contribution in [0, 0.1) is 12.7 Å². The molecular weight excluding hydrogens is 287 g/mol. The summed E-state index contributed by atoms with van der Waals surface area (Å²) in [5.41, 5.74) is 1.87. The molecule has 0 unspecified atom stereocenters. The maximum atomic E-state index is 12.9. The predicted octanol–water partition coefficient (Wildman–Crippen LogP) is 3.17. The number of nitrogens with one attached hydrogen (secondary N) is 1. The Balaban J connectivity index is 1.90. The molecule has 2 rings (SSSR count). The molecule has 2 aromatic rings. The van der Waals surface area contributed by atoms with Gasteiger partial charge in [-0.2, -0.15) is 0 Å². The normalized spacial score (nSPS) is 10.8. The lowest BCUT2D eigenvalue weighted by atomic mass is 10.2. The van der Waals surface area contributed by atoms with Crippen LogP contribution in [0.2, 0.25) is 0 Å². The summed E-state index contributed by atoms with van der Waals surface area (Å²) in [6, 6.07) is 6.53. The van der Waals surface area contributed by atoms with E-state index in [0.29, 0.717) is 13.1 Å². The molecule has 0 fully saturated rings. The van der Waals surface area contributed by atoms with Crippen molar-refractivity contribution < 1.29 is 8.91 Å². The van der Waals surface area contributed by atoms with Gasteiger partial charge in [0.2, 0.25) is 0 Å². The molecule has 0 aliphatic rings. The van der Waals surface area contributed by atoms with Crippen molar-refractivity contribution in [3.63, 3.8) is 0 Å². The average Bonchev–Trinajstić information content (AvgIpc) is 2.68. The van der Waals surface area contributed by atoms with Crippen molar-refractivity contribution in [2.45, 2.75) is 20.0 Å². The minimum absolute atomic E-state index is 0.243. The van der Waals surface area contributed by atoms with Gasteiger partial charge in [-0.15, -0.1) is 0 Å². The number of aryl methyl sites for hydroxylation is 1. The molecular formula is C12H12BrFN2O. The van der Waals surface area contributed by atoms with Crippen molar-refractivity contribution in [3.8, 4) is 0 Å². The molecule has 1 N–H and O–H groups in total. The SMILES string of the molecule is Cc1cc(CNCc2ccc(F)cc2Br)no1. The van der Waals surface area contributed by atoms with Crippen molar-refractivity contribution in [1.82, 2.24) is 10.5 Å². The second-order valence-corrected chi connectivity index (χ2v) is 4.62. The molecule has 0 radical (unpaired) electrons. The van der Waals surface area contributed by atoms with Crippen molar-refractivity contribution in [3.05, 3.63) is 51.6 Å². The van der Waals surface area contributed by atoms with E-state index in [2.05, 4.69) is 26.4 Å². The van der Waals surface area contributed by atoms with Crippen LogP contribution in [0.15, 0.2) is 33.3 Å². The first-order valence-electron chi connectivity index (χ1n) is 5.22. The third kappa shape index (κ3) is 3.38. The van der Waals surface area contributed by atoms with E-state index in [1.165, 1.54) is 12.1 Å². The summed E-state index contributed by atoms with van der Waals surface area (Å²) in [7, 11) is 0. The zero-order valence-corrected chi connectivity index (χ0v) is 10.9. The summed E-state index contributed by atoms with van der Waals surface area (Å²) in [5, 5.41) is 7.09. The Labute approximate surface area is 107 Å². The van der Waals surface area contributed by atoms with E-state index in [1.807, 2.05) is 13.0 Å². The fourth-order valence-corrected chi connectivity index (χ4v) is 1.98. The summed E-state index contributed by atoms with van der Waals surface area (Å²) in [6.45, 7) is 3.13. The highest BCUT2D eigenvalue weighted by Gasteiger charge is 2.03. The maximum Gasteiger partial charge on any atom is 0.133 e. The largest absolute Gasteiger partial charge is 0.361 e. The van der Waals surface area contributed by atoms with Gasteiger partial charge in [-0.1, -0.05) is 27.2 Å². The zero-order valence-electron chi connectivity index (χ0n) is 9.34. The summed E-state index contributed by atoms with van der Waals surface area (Å²) in [6.07, 6.45) is 0. The standard InChI is InChI=1S/C12H12BrFN2O/c1-8-4-11(16-17-8)7-15-6-9-2-3-10(14)5-12(9)13/h2-5,15H,6-7H2,1H3. The van der Waals surface area contributed by atoms with Crippen LogP contribution in [0.5, 0.6) is 0 Å². The van der Waals surface area contributed by atoms with Gasteiger partial charge in [0, 0.05) is 23.6 Å². The van der Waals surface area contributed by atoms with Crippen molar-refractivity contribution in [2.75, 3.05) is 0 Å². The molecule has 0 aliphatic carbocycles. The van der Waals surface area contributed by atoms with Crippen LogP contribution in [0.4, 0.5) is 4.39 Å². The second kappa shape index (κ2) is 5.42. The minimum Gasteiger partial charge on any atom is -0.361 e. The fraction of sp³-hybridized carbons (Fsp3) is 0.250. The molecule has 0 amide bonds. The van der Waals surface area contributed by atoms with E-state index < -0.39 is 0 Å². The zero-order chi connectivity index (χ0) is 12.3. The van der Waals surface area contributed by atoms with Crippen LogP contribution >= 0.6 is 15.9 Å². The van der Waals surface area contributed by atoms with Gasteiger partial charge in [0.25, 0.3) is 0 Å². The van der Waals surface area contributed by atoms with E-state index >= 15 is 0 Å². The lowest BCUT2D eigenvalue weighted by Gasteiger charge is -2.05. The Hall–Kier alpha value is -1.20. The number of rotatable bonds is 4. The van der Waals surface area contributed by atoms with Gasteiger partial charge in [0.1, 0.15) is 11.6 Å². The summed E-state index contributed by atoms with van der Waals surface area (Å²) < 4.78 is 18.6. The molecule has 5 heteroatoms. The summed E-state index contributed by atoms with van der Waals surface area (Å²) in [4.78, 5) is 0. The molecule has 0 aliphatic heterocycles. The second-order valence-electron chi connectivity index (χ2n) is 3.77. The lowest BCUT2D eigenvalue weighted by Crippen LogP contribution is -2.13. The van der Waals surface area contributed by atoms with E-state index in [-0.39, 0.29) is 5.82 Å². The molecule has 1 aromatic heterocycles.